The molecule has 4 heteroatoms. The molecule has 0 unspecified atom stereocenters. The molecule has 0 bridgehead atoms. The fourth-order valence-corrected chi connectivity index (χ4v) is 3.58. The summed E-state index contributed by atoms with van der Waals surface area (Å²) in [6, 6.07) is 8.84. The molecule has 0 spiro atoms. The molecule has 2 aromatic rings. The Morgan fingerprint density at radius 1 is 1.30 bits per heavy atom. The minimum Gasteiger partial charge on any atom is -0.314 e. The van der Waals surface area contributed by atoms with E-state index in [1.807, 2.05) is 7.05 Å². The largest absolute Gasteiger partial charge is 0.314 e. The van der Waals surface area contributed by atoms with Crippen molar-refractivity contribution in [2.75, 3.05) is 13.6 Å². The average Bonchev–Trinajstić information content (AvgIpc) is 2.78. The number of benzene rings is 1. The van der Waals surface area contributed by atoms with Gasteiger partial charge in [-0.3, -0.25) is 4.90 Å². The quantitative estimate of drug-likeness (QED) is 0.937. The molecule has 0 atom stereocenters. The van der Waals surface area contributed by atoms with Gasteiger partial charge in [0.25, 0.3) is 0 Å². The third-order valence-electron chi connectivity index (χ3n) is 3.75. The molecule has 0 saturated heterocycles. The molecule has 1 aliphatic heterocycles. The van der Waals surface area contributed by atoms with Crippen LogP contribution in [0.3, 0.4) is 0 Å². The normalized spacial score (nSPS) is 15.8. The first kappa shape index (κ1) is 13.7. The van der Waals surface area contributed by atoms with Gasteiger partial charge >= 0.3 is 0 Å². The topological polar surface area (TPSA) is 28.2 Å². The van der Waals surface area contributed by atoms with Crippen LogP contribution in [0.25, 0.3) is 0 Å². The molecule has 1 aliphatic rings. The molecule has 0 aliphatic carbocycles. The third kappa shape index (κ3) is 3.26. The van der Waals surface area contributed by atoms with Crippen LogP contribution in [0, 0.1) is 0 Å². The molecular weight excluding hydrogens is 266 g/mol. The summed E-state index contributed by atoms with van der Waals surface area (Å²) in [5.41, 5.74) is 4.21. The maximum absolute atomic E-state index is 4.70. The van der Waals surface area contributed by atoms with Gasteiger partial charge in [0.1, 0.15) is 5.01 Å². The molecule has 0 saturated carbocycles. The number of aryl methyl sites for hydroxylation is 1. The van der Waals surface area contributed by atoms with Crippen molar-refractivity contribution in [3.63, 3.8) is 0 Å². The van der Waals surface area contributed by atoms with E-state index in [1.54, 1.807) is 11.3 Å². The van der Waals surface area contributed by atoms with E-state index < -0.39 is 0 Å². The Balaban J connectivity index is 1.68. The summed E-state index contributed by atoms with van der Waals surface area (Å²) in [6.45, 7) is 4.05. The zero-order valence-electron chi connectivity index (χ0n) is 11.9. The summed E-state index contributed by atoms with van der Waals surface area (Å²) in [7, 11) is 1.97. The van der Waals surface area contributed by atoms with Gasteiger partial charge in [-0.25, -0.2) is 4.98 Å². The van der Waals surface area contributed by atoms with Gasteiger partial charge in [0, 0.05) is 25.0 Å². The Labute approximate surface area is 124 Å². The summed E-state index contributed by atoms with van der Waals surface area (Å²) < 4.78 is 0. The molecule has 0 fully saturated rings. The number of rotatable bonds is 4. The van der Waals surface area contributed by atoms with Gasteiger partial charge in [-0.2, -0.15) is 0 Å². The van der Waals surface area contributed by atoms with Crippen LogP contribution in [0.2, 0.25) is 0 Å². The van der Waals surface area contributed by atoms with E-state index in [-0.39, 0.29) is 0 Å². The van der Waals surface area contributed by atoms with Crippen LogP contribution in [0.5, 0.6) is 0 Å². The summed E-state index contributed by atoms with van der Waals surface area (Å²) in [4.78, 5) is 7.21. The summed E-state index contributed by atoms with van der Waals surface area (Å²) in [6.07, 6.45) is 2.44. The van der Waals surface area contributed by atoms with Crippen LogP contribution in [-0.2, 0) is 26.1 Å². The molecule has 2 heterocycles. The number of nitrogens with zero attached hydrogens (tertiary/aromatic N) is 2. The molecule has 106 valence electrons. The highest BCUT2D eigenvalue weighted by Gasteiger charge is 2.15. The maximum atomic E-state index is 4.70. The van der Waals surface area contributed by atoms with Crippen LogP contribution in [-0.4, -0.2) is 23.5 Å². The Morgan fingerprint density at radius 3 is 3.00 bits per heavy atom. The van der Waals surface area contributed by atoms with Gasteiger partial charge in [0.2, 0.25) is 0 Å². The lowest BCUT2D eigenvalue weighted by Gasteiger charge is -2.19. The lowest BCUT2D eigenvalue weighted by atomic mass is 10.0. The van der Waals surface area contributed by atoms with Crippen LogP contribution in [0.15, 0.2) is 29.6 Å². The molecule has 1 aromatic heterocycles. The molecule has 20 heavy (non-hydrogen) atoms. The lowest BCUT2D eigenvalue weighted by molar-refractivity contribution is 0.258. The van der Waals surface area contributed by atoms with Gasteiger partial charge in [-0.05, 0) is 37.6 Å². The molecular formula is C16H21N3S. The maximum Gasteiger partial charge on any atom is 0.107 e. The zero-order chi connectivity index (χ0) is 13.8. The monoisotopic (exact) mass is 287 g/mol. The molecule has 0 radical (unpaired) electrons. The summed E-state index contributed by atoms with van der Waals surface area (Å²) >= 11 is 1.75. The molecule has 1 N–H and O–H groups in total. The lowest BCUT2D eigenvalue weighted by Crippen LogP contribution is -2.23. The Bertz CT molecular complexity index is 564. The van der Waals surface area contributed by atoms with Crippen molar-refractivity contribution in [1.29, 1.82) is 0 Å². The van der Waals surface area contributed by atoms with Gasteiger partial charge in [-0.1, -0.05) is 24.3 Å². The molecule has 3 rings (SSSR count). The summed E-state index contributed by atoms with van der Waals surface area (Å²) in [5.74, 6) is 0. The minimum absolute atomic E-state index is 0.869. The molecule has 1 aromatic carbocycles. The van der Waals surface area contributed by atoms with Crippen molar-refractivity contribution in [1.82, 2.24) is 15.2 Å². The standard InChI is InChI=1S/C16H21N3S/c1-17-9-16-18-15(12-20-16)11-19-8-4-7-13-5-2-3-6-14(13)10-19/h2-3,5-6,12,17H,4,7-11H2,1H3. The van der Waals surface area contributed by atoms with Gasteiger partial charge in [0.05, 0.1) is 5.69 Å². The number of nitrogens with one attached hydrogen (secondary N) is 1. The fraction of sp³-hybridized carbons (Fsp3) is 0.438. The highest BCUT2D eigenvalue weighted by atomic mass is 32.1. The van der Waals surface area contributed by atoms with Crippen molar-refractivity contribution in [3.8, 4) is 0 Å². The first-order chi connectivity index (χ1) is 9.85. The fourth-order valence-electron chi connectivity index (χ4n) is 2.79. The number of aromatic nitrogens is 1. The predicted octanol–water partition coefficient (Wildman–Crippen LogP) is 2.81. The molecule has 3 nitrogen and oxygen atoms in total. The van der Waals surface area contributed by atoms with E-state index >= 15 is 0 Å². The minimum atomic E-state index is 0.869. The van der Waals surface area contributed by atoms with E-state index in [4.69, 9.17) is 4.98 Å². The van der Waals surface area contributed by atoms with Crippen molar-refractivity contribution in [2.45, 2.75) is 32.5 Å². The van der Waals surface area contributed by atoms with Gasteiger partial charge < -0.3 is 5.32 Å². The second-order valence-electron chi connectivity index (χ2n) is 5.35. The van der Waals surface area contributed by atoms with Crippen LogP contribution < -0.4 is 5.32 Å². The SMILES string of the molecule is CNCc1nc(CN2CCCc3ccccc3C2)cs1. The van der Waals surface area contributed by atoms with Crippen molar-refractivity contribution in [3.05, 3.63) is 51.5 Å². The number of hydrogen-bond acceptors (Lipinski definition) is 4. The van der Waals surface area contributed by atoms with E-state index in [0.717, 1.165) is 26.2 Å². The van der Waals surface area contributed by atoms with Gasteiger partial charge in [0.15, 0.2) is 0 Å². The Morgan fingerprint density at radius 2 is 2.15 bits per heavy atom. The van der Waals surface area contributed by atoms with Crippen molar-refractivity contribution >= 4 is 11.3 Å². The van der Waals surface area contributed by atoms with E-state index in [0.29, 0.717) is 0 Å². The molecule has 0 amide bonds. The van der Waals surface area contributed by atoms with Crippen molar-refractivity contribution in [2.24, 2.45) is 0 Å². The highest BCUT2D eigenvalue weighted by molar-refractivity contribution is 7.09. The number of fused-ring (bicyclic) bond motifs is 1. The van der Waals surface area contributed by atoms with Crippen molar-refractivity contribution < 1.29 is 0 Å². The van der Waals surface area contributed by atoms with Crippen LogP contribution in [0.1, 0.15) is 28.2 Å². The van der Waals surface area contributed by atoms with E-state index in [2.05, 4.69) is 39.9 Å². The Hall–Kier alpha value is -1.23. The number of hydrogen-bond donors (Lipinski definition) is 1. The first-order valence-corrected chi connectivity index (χ1v) is 8.10. The third-order valence-corrected chi connectivity index (χ3v) is 4.64. The Kier molecular flexibility index (Phi) is 4.45. The zero-order valence-corrected chi connectivity index (χ0v) is 12.7. The number of thiazole rings is 1. The summed E-state index contributed by atoms with van der Waals surface area (Å²) in [5, 5.41) is 6.53. The smallest absolute Gasteiger partial charge is 0.107 e. The van der Waals surface area contributed by atoms with E-state index in [9.17, 15) is 0 Å². The predicted molar refractivity (Wildman–Crippen MR) is 83.8 cm³/mol. The second kappa shape index (κ2) is 6.48. The van der Waals surface area contributed by atoms with Crippen LogP contribution in [0.4, 0.5) is 0 Å². The van der Waals surface area contributed by atoms with Crippen LogP contribution >= 0.6 is 11.3 Å². The first-order valence-electron chi connectivity index (χ1n) is 7.22. The van der Waals surface area contributed by atoms with Gasteiger partial charge in [-0.15, -0.1) is 11.3 Å². The van der Waals surface area contributed by atoms with E-state index in [1.165, 1.54) is 34.7 Å². The highest BCUT2D eigenvalue weighted by Crippen LogP contribution is 2.20. The average molecular weight is 287 g/mol. The second-order valence-corrected chi connectivity index (χ2v) is 6.29.